The first-order chi connectivity index (χ1) is 9.56. The molecule has 0 radical (unpaired) electrons. The fraction of sp³-hybridized carbons (Fsp3) is 0.0667. The van der Waals surface area contributed by atoms with Gasteiger partial charge in [0.1, 0.15) is 5.82 Å². The number of ketones is 1. The number of carbonyl (C=O) groups is 1. The molecule has 20 heavy (non-hydrogen) atoms. The van der Waals surface area contributed by atoms with Gasteiger partial charge in [0, 0.05) is 18.2 Å². The summed E-state index contributed by atoms with van der Waals surface area (Å²) < 4.78 is 19.2. The number of carbonyl (C=O) groups excluding carboxylic acids is 1. The lowest BCUT2D eigenvalue weighted by Gasteiger charge is -2.01. The van der Waals surface area contributed by atoms with E-state index in [9.17, 15) is 14.0 Å². The molecule has 0 fully saturated rings. The first-order valence-electron chi connectivity index (χ1n) is 5.96. The summed E-state index contributed by atoms with van der Waals surface area (Å²) in [6, 6.07) is 10.1. The van der Waals surface area contributed by atoms with Crippen molar-refractivity contribution >= 4 is 16.9 Å². The lowest BCUT2D eigenvalue weighted by atomic mass is 10.0. The molecule has 0 aliphatic heterocycles. The zero-order chi connectivity index (χ0) is 14.3. The number of rotatable bonds is 2. The van der Waals surface area contributed by atoms with Crippen LogP contribution in [0.1, 0.15) is 15.9 Å². The third-order valence-electron chi connectivity index (χ3n) is 3.16. The van der Waals surface area contributed by atoms with Gasteiger partial charge in [0.2, 0.25) is 0 Å². The smallest absolute Gasteiger partial charge is 0.408 e. The van der Waals surface area contributed by atoms with Gasteiger partial charge in [0.15, 0.2) is 11.4 Å². The number of oxazole rings is 1. The van der Waals surface area contributed by atoms with Gasteiger partial charge in [-0.15, -0.1) is 0 Å². The van der Waals surface area contributed by atoms with Crippen molar-refractivity contribution in [3.8, 4) is 0 Å². The fourth-order valence-electron chi connectivity index (χ4n) is 2.04. The van der Waals surface area contributed by atoms with Crippen LogP contribution in [0.15, 0.2) is 51.7 Å². The Labute approximate surface area is 113 Å². The molecule has 1 aromatic heterocycles. The maximum Gasteiger partial charge on any atom is 0.419 e. The molecule has 3 rings (SSSR count). The molecule has 5 heteroatoms. The Hall–Kier alpha value is -2.69. The van der Waals surface area contributed by atoms with Crippen molar-refractivity contribution in [1.29, 1.82) is 0 Å². The minimum absolute atomic E-state index is 0.251. The molecule has 3 aromatic rings. The predicted octanol–water partition coefficient (Wildman–Crippen LogP) is 2.50. The van der Waals surface area contributed by atoms with Crippen molar-refractivity contribution in [2.45, 2.75) is 0 Å². The molecule has 0 N–H and O–H groups in total. The van der Waals surface area contributed by atoms with Crippen LogP contribution in [-0.2, 0) is 7.05 Å². The number of fused-ring (bicyclic) bond motifs is 1. The highest BCUT2D eigenvalue weighted by Gasteiger charge is 2.12. The second kappa shape index (κ2) is 4.45. The quantitative estimate of drug-likeness (QED) is 0.673. The van der Waals surface area contributed by atoms with E-state index in [1.165, 1.54) is 34.9 Å². The maximum atomic E-state index is 12.8. The summed E-state index contributed by atoms with van der Waals surface area (Å²) in [7, 11) is 1.59. The van der Waals surface area contributed by atoms with Crippen LogP contribution >= 0.6 is 0 Å². The minimum Gasteiger partial charge on any atom is -0.408 e. The number of benzene rings is 2. The average Bonchev–Trinajstić information content (AvgIpc) is 2.74. The SMILES string of the molecule is Cn1c(=O)oc2cc(C(=O)c3ccc(F)cc3)ccc21. The number of halogens is 1. The molecular weight excluding hydrogens is 261 g/mol. The van der Waals surface area contributed by atoms with E-state index in [4.69, 9.17) is 4.42 Å². The molecule has 0 saturated carbocycles. The van der Waals surface area contributed by atoms with E-state index in [1.54, 1.807) is 19.2 Å². The monoisotopic (exact) mass is 271 g/mol. The summed E-state index contributed by atoms with van der Waals surface area (Å²) >= 11 is 0. The van der Waals surface area contributed by atoms with Gasteiger partial charge in [-0.2, -0.15) is 0 Å². The van der Waals surface area contributed by atoms with E-state index < -0.39 is 11.6 Å². The van der Waals surface area contributed by atoms with E-state index in [0.717, 1.165) is 0 Å². The summed E-state index contributed by atoms with van der Waals surface area (Å²) in [5.74, 6) is -1.13. The van der Waals surface area contributed by atoms with Gasteiger partial charge >= 0.3 is 5.76 Å². The molecule has 0 aliphatic carbocycles. The van der Waals surface area contributed by atoms with E-state index in [1.807, 2.05) is 0 Å². The summed E-state index contributed by atoms with van der Waals surface area (Å²) in [5, 5.41) is 0. The molecule has 0 spiro atoms. The Morgan fingerprint density at radius 3 is 2.45 bits per heavy atom. The summed E-state index contributed by atoms with van der Waals surface area (Å²) in [4.78, 5) is 23.6. The largest absolute Gasteiger partial charge is 0.419 e. The second-order valence-corrected chi connectivity index (χ2v) is 4.45. The molecule has 0 unspecified atom stereocenters. The summed E-state index contributed by atoms with van der Waals surface area (Å²) in [6.45, 7) is 0. The predicted molar refractivity (Wildman–Crippen MR) is 71.3 cm³/mol. The van der Waals surface area contributed by atoms with Crippen LogP contribution in [-0.4, -0.2) is 10.4 Å². The summed E-state index contributed by atoms with van der Waals surface area (Å²) in [5.41, 5.74) is 1.73. The Morgan fingerprint density at radius 2 is 1.75 bits per heavy atom. The molecule has 0 amide bonds. The van der Waals surface area contributed by atoms with E-state index in [-0.39, 0.29) is 5.78 Å². The highest BCUT2D eigenvalue weighted by molar-refractivity contribution is 6.10. The fourth-order valence-corrected chi connectivity index (χ4v) is 2.04. The van der Waals surface area contributed by atoms with E-state index >= 15 is 0 Å². The van der Waals surface area contributed by atoms with Crippen molar-refractivity contribution in [2.24, 2.45) is 7.05 Å². The topological polar surface area (TPSA) is 52.2 Å². The van der Waals surface area contributed by atoms with E-state index in [0.29, 0.717) is 22.2 Å². The number of aromatic nitrogens is 1. The van der Waals surface area contributed by atoms with Gasteiger partial charge in [0.25, 0.3) is 0 Å². The third-order valence-corrected chi connectivity index (χ3v) is 3.16. The zero-order valence-electron chi connectivity index (χ0n) is 10.6. The molecule has 4 nitrogen and oxygen atoms in total. The molecule has 2 aromatic carbocycles. The average molecular weight is 271 g/mol. The van der Waals surface area contributed by atoms with Gasteiger partial charge < -0.3 is 4.42 Å². The van der Waals surface area contributed by atoms with Crippen LogP contribution in [0.5, 0.6) is 0 Å². The minimum atomic E-state index is -0.480. The molecule has 0 bridgehead atoms. The maximum absolute atomic E-state index is 12.8. The van der Waals surface area contributed by atoms with Gasteiger partial charge in [0.05, 0.1) is 5.52 Å². The Bertz CT molecular complexity index is 859. The highest BCUT2D eigenvalue weighted by Crippen LogP contribution is 2.17. The van der Waals surface area contributed by atoms with Crippen molar-refractivity contribution in [3.05, 3.63) is 70.0 Å². The molecular formula is C15H10FNO3. The van der Waals surface area contributed by atoms with E-state index in [2.05, 4.69) is 0 Å². The van der Waals surface area contributed by atoms with Crippen molar-refractivity contribution in [2.75, 3.05) is 0 Å². The standard InChI is InChI=1S/C15H10FNO3/c1-17-12-7-4-10(8-13(12)20-15(17)19)14(18)9-2-5-11(16)6-3-9/h2-8H,1H3. The Morgan fingerprint density at radius 1 is 1.10 bits per heavy atom. The lowest BCUT2D eigenvalue weighted by molar-refractivity contribution is 0.103. The lowest BCUT2D eigenvalue weighted by Crippen LogP contribution is -2.08. The van der Waals surface area contributed by atoms with Crippen molar-refractivity contribution in [3.63, 3.8) is 0 Å². The van der Waals surface area contributed by atoms with Gasteiger partial charge in [-0.25, -0.2) is 9.18 Å². The Kier molecular flexibility index (Phi) is 2.75. The normalized spacial score (nSPS) is 10.9. The second-order valence-electron chi connectivity index (χ2n) is 4.45. The van der Waals surface area contributed by atoms with Crippen LogP contribution < -0.4 is 5.76 Å². The van der Waals surface area contributed by atoms with Crippen LogP contribution in [0.3, 0.4) is 0 Å². The number of aryl methyl sites for hydroxylation is 1. The number of nitrogens with zero attached hydrogens (tertiary/aromatic N) is 1. The summed E-state index contributed by atoms with van der Waals surface area (Å²) in [6.07, 6.45) is 0. The molecule has 0 saturated heterocycles. The van der Waals surface area contributed by atoms with Gasteiger partial charge in [-0.05, 0) is 42.5 Å². The van der Waals surface area contributed by atoms with Crippen molar-refractivity contribution in [1.82, 2.24) is 4.57 Å². The first kappa shape index (κ1) is 12.3. The number of hydrogen-bond acceptors (Lipinski definition) is 3. The van der Waals surface area contributed by atoms with Crippen LogP contribution in [0.4, 0.5) is 4.39 Å². The van der Waals surface area contributed by atoms with Gasteiger partial charge in [-0.3, -0.25) is 9.36 Å². The zero-order valence-corrected chi connectivity index (χ0v) is 10.6. The molecule has 0 aliphatic rings. The first-order valence-corrected chi connectivity index (χ1v) is 5.96. The van der Waals surface area contributed by atoms with Crippen molar-refractivity contribution < 1.29 is 13.6 Å². The van der Waals surface area contributed by atoms with Crippen LogP contribution in [0.25, 0.3) is 11.1 Å². The van der Waals surface area contributed by atoms with Gasteiger partial charge in [-0.1, -0.05) is 0 Å². The van der Waals surface area contributed by atoms with Crippen LogP contribution in [0, 0.1) is 5.82 Å². The molecule has 0 atom stereocenters. The third kappa shape index (κ3) is 1.93. The molecule has 100 valence electrons. The Balaban J connectivity index is 2.08. The molecule has 1 heterocycles. The van der Waals surface area contributed by atoms with Crippen LogP contribution in [0.2, 0.25) is 0 Å². The number of hydrogen-bond donors (Lipinski definition) is 0. The highest BCUT2D eigenvalue weighted by atomic mass is 19.1.